The highest BCUT2D eigenvalue weighted by Crippen LogP contribution is 2.18. The van der Waals surface area contributed by atoms with Gasteiger partial charge in [0.2, 0.25) is 0 Å². The highest BCUT2D eigenvalue weighted by atomic mass is 16.5. The number of hydrogen-bond acceptors (Lipinski definition) is 3. The Bertz CT molecular complexity index is 358. The van der Waals surface area contributed by atoms with Gasteiger partial charge in [0.15, 0.2) is 0 Å². The largest absolute Gasteiger partial charge is 0.494 e. The van der Waals surface area contributed by atoms with Gasteiger partial charge in [-0.1, -0.05) is 12.1 Å². The maximum atomic E-state index is 5.47. The van der Waals surface area contributed by atoms with Crippen molar-refractivity contribution in [1.82, 2.24) is 10.6 Å². The van der Waals surface area contributed by atoms with Gasteiger partial charge in [0, 0.05) is 6.04 Å². The lowest BCUT2D eigenvalue weighted by Crippen LogP contribution is -2.34. The van der Waals surface area contributed by atoms with Gasteiger partial charge in [-0.3, -0.25) is 0 Å². The molecule has 2 rings (SSSR count). The van der Waals surface area contributed by atoms with Crippen LogP contribution in [0.1, 0.15) is 38.3 Å². The summed E-state index contributed by atoms with van der Waals surface area (Å²) in [5.41, 5.74) is 1.33. The lowest BCUT2D eigenvalue weighted by Gasteiger charge is -2.25. The van der Waals surface area contributed by atoms with Crippen LogP contribution in [0, 0.1) is 5.92 Å². The minimum atomic E-state index is 0.408. The van der Waals surface area contributed by atoms with Crippen molar-refractivity contribution in [3.8, 4) is 5.75 Å². The predicted molar refractivity (Wildman–Crippen MR) is 79.6 cm³/mol. The molecule has 106 valence electrons. The van der Waals surface area contributed by atoms with E-state index in [-0.39, 0.29) is 0 Å². The summed E-state index contributed by atoms with van der Waals surface area (Å²) in [4.78, 5) is 0. The van der Waals surface area contributed by atoms with E-state index in [1.807, 2.05) is 6.92 Å². The van der Waals surface area contributed by atoms with E-state index in [1.165, 1.54) is 31.5 Å². The number of nitrogens with one attached hydrogen (secondary N) is 2. The molecular formula is C16H26N2O. The molecule has 0 bridgehead atoms. The predicted octanol–water partition coefficient (Wildman–Crippen LogP) is 2.74. The highest BCUT2D eigenvalue weighted by molar-refractivity contribution is 5.28. The minimum absolute atomic E-state index is 0.408. The Hall–Kier alpha value is -1.06. The van der Waals surface area contributed by atoms with Crippen LogP contribution in [0.15, 0.2) is 24.3 Å². The zero-order valence-corrected chi connectivity index (χ0v) is 12.1. The van der Waals surface area contributed by atoms with E-state index in [9.17, 15) is 0 Å². The van der Waals surface area contributed by atoms with Crippen LogP contribution in [0.2, 0.25) is 0 Å². The fourth-order valence-corrected chi connectivity index (χ4v) is 2.57. The Morgan fingerprint density at radius 1 is 1.26 bits per heavy atom. The van der Waals surface area contributed by atoms with E-state index >= 15 is 0 Å². The molecule has 1 aliphatic heterocycles. The lowest BCUT2D eigenvalue weighted by molar-refractivity contribution is 0.339. The van der Waals surface area contributed by atoms with Crippen LogP contribution >= 0.6 is 0 Å². The first-order valence-corrected chi connectivity index (χ1v) is 7.46. The van der Waals surface area contributed by atoms with Crippen molar-refractivity contribution in [3.05, 3.63) is 29.8 Å². The second kappa shape index (κ2) is 7.51. The average molecular weight is 262 g/mol. The van der Waals surface area contributed by atoms with Gasteiger partial charge in [0.25, 0.3) is 0 Å². The van der Waals surface area contributed by atoms with E-state index in [0.29, 0.717) is 6.04 Å². The summed E-state index contributed by atoms with van der Waals surface area (Å²) in [6.07, 6.45) is 2.59. The molecule has 19 heavy (non-hydrogen) atoms. The summed E-state index contributed by atoms with van der Waals surface area (Å²) in [6, 6.07) is 8.84. The van der Waals surface area contributed by atoms with E-state index in [1.54, 1.807) is 0 Å². The minimum Gasteiger partial charge on any atom is -0.494 e. The van der Waals surface area contributed by atoms with Gasteiger partial charge in [-0.2, -0.15) is 0 Å². The molecular weight excluding hydrogens is 236 g/mol. The molecule has 1 aliphatic rings. The molecule has 1 aromatic carbocycles. The van der Waals surface area contributed by atoms with Gasteiger partial charge in [-0.15, -0.1) is 0 Å². The third-order valence-corrected chi connectivity index (χ3v) is 3.86. The van der Waals surface area contributed by atoms with Gasteiger partial charge in [-0.05, 0) is 69.9 Å². The van der Waals surface area contributed by atoms with E-state index in [2.05, 4.69) is 41.8 Å². The first-order valence-electron chi connectivity index (χ1n) is 7.46. The standard InChI is InChI=1S/C16H26N2O/c1-3-19-16-6-4-15(5-7-16)13(2)18-12-14-8-10-17-11-9-14/h4-7,13-14,17-18H,3,8-12H2,1-2H3. The molecule has 0 saturated carbocycles. The van der Waals surface area contributed by atoms with Gasteiger partial charge in [0.05, 0.1) is 6.61 Å². The van der Waals surface area contributed by atoms with Crippen LogP contribution in [0.4, 0.5) is 0 Å². The third kappa shape index (κ3) is 4.51. The zero-order chi connectivity index (χ0) is 13.5. The quantitative estimate of drug-likeness (QED) is 0.827. The van der Waals surface area contributed by atoms with E-state index < -0.39 is 0 Å². The molecule has 0 spiro atoms. The van der Waals surface area contributed by atoms with Crippen LogP contribution in [-0.4, -0.2) is 26.2 Å². The van der Waals surface area contributed by atoms with Crippen LogP contribution in [-0.2, 0) is 0 Å². The fourth-order valence-electron chi connectivity index (χ4n) is 2.57. The number of benzene rings is 1. The molecule has 1 unspecified atom stereocenters. The van der Waals surface area contributed by atoms with Crippen molar-refractivity contribution in [3.63, 3.8) is 0 Å². The molecule has 1 heterocycles. The number of piperidine rings is 1. The molecule has 0 aliphatic carbocycles. The fraction of sp³-hybridized carbons (Fsp3) is 0.625. The molecule has 1 aromatic rings. The van der Waals surface area contributed by atoms with Crippen molar-refractivity contribution in [2.24, 2.45) is 5.92 Å². The SMILES string of the molecule is CCOc1ccc(C(C)NCC2CCNCC2)cc1. The second-order valence-corrected chi connectivity index (χ2v) is 5.33. The molecule has 0 radical (unpaired) electrons. The Kier molecular flexibility index (Phi) is 5.67. The summed E-state index contributed by atoms with van der Waals surface area (Å²) >= 11 is 0. The normalized spacial score (nSPS) is 18.2. The van der Waals surface area contributed by atoms with Crippen LogP contribution in [0.3, 0.4) is 0 Å². The number of rotatable bonds is 6. The molecule has 2 N–H and O–H groups in total. The van der Waals surface area contributed by atoms with Crippen molar-refractivity contribution >= 4 is 0 Å². The molecule has 1 fully saturated rings. The van der Waals surface area contributed by atoms with Crippen LogP contribution < -0.4 is 15.4 Å². The number of ether oxygens (including phenoxy) is 1. The second-order valence-electron chi connectivity index (χ2n) is 5.33. The monoisotopic (exact) mass is 262 g/mol. The summed E-state index contributed by atoms with van der Waals surface area (Å²) in [5, 5.41) is 7.06. The molecule has 3 nitrogen and oxygen atoms in total. The summed E-state index contributed by atoms with van der Waals surface area (Å²) in [7, 11) is 0. The zero-order valence-electron chi connectivity index (χ0n) is 12.1. The maximum Gasteiger partial charge on any atom is 0.119 e. The van der Waals surface area contributed by atoms with Crippen molar-refractivity contribution in [2.75, 3.05) is 26.2 Å². The Morgan fingerprint density at radius 2 is 1.95 bits per heavy atom. The maximum absolute atomic E-state index is 5.47. The van der Waals surface area contributed by atoms with Gasteiger partial charge in [0.1, 0.15) is 5.75 Å². The molecule has 0 aromatic heterocycles. The Labute approximate surface area is 116 Å². The highest BCUT2D eigenvalue weighted by Gasteiger charge is 2.14. The summed E-state index contributed by atoms with van der Waals surface area (Å²) in [6.45, 7) is 8.43. The molecule has 1 atom stereocenters. The van der Waals surface area contributed by atoms with Crippen LogP contribution in [0.5, 0.6) is 5.75 Å². The van der Waals surface area contributed by atoms with Crippen molar-refractivity contribution in [2.45, 2.75) is 32.7 Å². The van der Waals surface area contributed by atoms with Crippen molar-refractivity contribution in [1.29, 1.82) is 0 Å². The van der Waals surface area contributed by atoms with Gasteiger partial charge in [-0.25, -0.2) is 0 Å². The Morgan fingerprint density at radius 3 is 2.58 bits per heavy atom. The lowest BCUT2D eigenvalue weighted by atomic mass is 9.97. The smallest absolute Gasteiger partial charge is 0.119 e. The molecule has 0 amide bonds. The average Bonchev–Trinajstić information content (AvgIpc) is 2.47. The third-order valence-electron chi connectivity index (χ3n) is 3.86. The molecule has 1 saturated heterocycles. The van der Waals surface area contributed by atoms with Gasteiger partial charge < -0.3 is 15.4 Å². The van der Waals surface area contributed by atoms with E-state index in [0.717, 1.165) is 24.8 Å². The Balaban J connectivity index is 1.79. The first kappa shape index (κ1) is 14.4. The topological polar surface area (TPSA) is 33.3 Å². The molecule has 3 heteroatoms. The number of hydrogen-bond donors (Lipinski definition) is 2. The first-order chi connectivity index (χ1) is 9.29. The summed E-state index contributed by atoms with van der Waals surface area (Å²) in [5.74, 6) is 1.78. The van der Waals surface area contributed by atoms with E-state index in [4.69, 9.17) is 4.74 Å². The van der Waals surface area contributed by atoms with Crippen molar-refractivity contribution < 1.29 is 4.74 Å². The van der Waals surface area contributed by atoms with Crippen LogP contribution in [0.25, 0.3) is 0 Å². The van der Waals surface area contributed by atoms with Gasteiger partial charge >= 0.3 is 0 Å². The summed E-state index contributed by atoms with van der Waals surface area (Å²) < 4.78 is 5.47.